The Morgan fingerprint density at radius 1 is 1.35 bits per heavy atom. The van der Waals surface area contributed by atoms with Crippen LogP contribution in [0, 0.1) is 5.82 Å². The molecule has 2 nitrogen and oxygen atoms in total. The number of nitrogens with one attached hydrogen (secondary N) is 1. The van der Waals surface area contributed by atoms with E-state index in [1.54, 1.807) is 23.5 Å². The molecule has 1 aromatic carbocycles. The average Bonchev–Trinajstić information content (AvgIpc) is 2.85. The summed E-state index contributed by atoms with van der Waals surface area (Å²) < 4.78 is 19.8. The maximum Gasteiger partial charge on any atom is 0.165 e. The van der Waals surface area contributed by atoms with Crippen LogP contribution in [0.2, 0.25) is 0 Å². The Morgan fingerprint density at radius 3 is 2.70 bits per heavy atom. The van der Waals surface area contributed by atoms with Crippen molar-refractivity contribution in [1.29, 1.82) is 0 Å². The number of rotatable bonds is 6. The second kappa shape index (κ2) is 7.20. The molecule has 20 heavy (non-hydrogen) atoms. The first-order valence-electron chi connectivity index (χ1n) is 6.45. The summed E-state index contributed by atoms with van der Waals surface area (Å²) in [5, 5.41) is 3.44. The van der Waals surface area contributed by atoms with Crippen LogP contribution in [0.4, 0.5) is 4.39 Å². The van der Waals surface area contributed by atoms with E-state index in [4.69, 9.17) is 4.74 Å². The molecule has 0 amide bonds. The normalized spacial score (nSPS) is 12.4. The molecule has 1 atom stereocenters. The number of likely N-dealkylation sites (N-methyl/N-ethyl adjacent to an activating group) is 1. The molecular formula is C15H17BrFNOS. The predicted octanol–water partition coefficient (Wildman–Crippen LogP) is 4.55. The number of hydrogen-bond donors (Lipinski definition) is 1. The molecule has 1 heterocycles. The summed E-state index contributed by atoms with van der Waals surface area (Å²) >= 11 is 5.18. The molecule has 0 spiro atoms. The van der Waals surface area contributed by atoms with Crippen molar-refractivity contribution in [1.82, 2.24) is 5.32 Å². The van der Waals surface area contributed by atoms with Gasteiger partial charge in [0.15, 0.2) is 11.6 Å². The van der Waals surface area contributed by atoms with Crippen molar-refractivity contribution in [3.63, 3.8) is 0 Å². The molecule has 0 bridgehead atoms. The number of ether oxygens (including phenoxy) is 1. The maximum atomic E-state index is 13.7. The number of hydrogen-bond acceptors (Lipinski definition) is 3. The van der Waals surface area contributed by atoms with Crippen molar-refractivity contribution in [2.24, 2.45) is 0 Å². The Labute approximate surface area is 131 Å². The third kappa shape index (κ3) is 3.81. The van der Waals surface area contributed by atoms with Crippen LogP contribution >= 0.6 is 27.3 Å². The quantitative estimate of drug-likeness (QED) is 0.818. The van der Waals surface area contributed by atoms with Crippen molar-refractivity contribution in [2.45, 2.75) is 19.4 Å². The molecule has 1 aromatic heterocycles. The van der Waals surface area contributed by atoms with Crippen LogP contribution in [0.25, 0.3) is 0 Å². The van der Waals surface area contributed by atoms with Gasteiger partial charge in [0, 0.05) is 10.9 Å². The Balaban J connectivity index is 2.17. The van der Waals surface area contributed by atoms with Crippen molar-refractivity contribution in [2.75, 3.05) is 13.7 Å². The monoisotopic (exact) mass is 357 g/mol. The van der Waals surface area contributed by atoms with E-state index in [1.807, 2.05) is 12.1 Å². The predicted molar refractivity (Wildman–Crippen MR) is 85.1 cm³/mol. The molecule has 0 fully saturated rings. The van der Waals surface area contributed by atoms with Crippen LogP contribution in [0.15, 0.2) is 34.1 Å². The Kier molecular flexibility index (Phi) is 5.57. The SMILES string of the molecule is CCNC(Cc1ccc(OC)c(F)c1)c1ccc(Br)s1. The van der Waals surface area contributed by atoms with Gasteiger partial charge in [0.2, 0.25) is 0 Å². The van der Waals surface area contributed by atoms with E-state index < -0.39 is 0 Å². The maximum absolute atomic E-state index is 13.7. The van der Waals surface area contributed by atoms with Gasteiger partial charge in [-0.2, -0.15) is 0 Å². The van der Waals surface area contributed by atoms with Crippen molar-refractivity contribution in [3.05, 3.63) is 50.4 Å². The number of thiophene rings is 1. The summed E-state index contributed by atoms with van der Waals surface area (Å²) in [5.74, 6) is -0.0276. The van der Waals surface area contributed by atoms with E-state index in [1.165, 1.54) is 12.0 Å². The molecule has 0 saturated carbocycles. The molecule has 0 radical (unpaired) electrons. The minimum atomic E-state index is -0.312. The zero-order valence-corrected chi connectivity index (χ0v) is 13.9. The Bertz CT molecular complexity index is 573. The fraction of sp³-hybridized carbons (Fsp3) is 0.333. The van der Waals surface area contributed by atoms with Gasteiger partial charge >= 0.3 is 0 Å². The lowest BCUT2D eigenvalue weighted by Crippen LogP contribution is -2.22. The molecule has 2 rings (SSSR count). The van der Waals surface area contributed by atoms with Gasteiger partial charge in [-0.05, 0) is 58.7 Å². The minimum absolute atomic E-state index is 0.198. The van der Waals surface area contributed by atoms with E-state index in [0.717, 1.165) is 22.3 Å². The second-order valence-corrected chi connectivity index (χ2v) is 6.92. The van der Waals surface area contributed by atoms with Gasteiger partial charge in [-0.1, -0.05) is 13.0 Å². The number of methoxy groups -OCH3 is 1. The van der Waals surface area contributed by atoms with E-state index in [0.29, 0.717) is 0 Å². The lowest BCUT2D eigenvalue weighted by atomic mass is 10.0. The highest BCUT2D eigenvalue weighted by molar-refractivity contribution is 9.11. The van der Waals surface area contributed by atoms with Gasteiger partial charge in [-0.25, -0.2) is 4.39 Å². The lowest BCUT2D eigenvalue weighted by molar-refractivity contribution is 0.386. The zero-order chi connectivity index (χ0) is 14.5. The van der Waals surface area contributed by atoms with E-state index in [9.17, 15) is 4.39 Å². The summed E-state index contributed by atoms with van der Waals surface area (Å²) in [6.07, 6.45) is 0.752. The number of halogens is 2. The summed E-state index contributed by atoms with van der Waals surface area (Å²) in [6, 6.07) is 9.48. The van der Waals surface area contributed by atoms with Gasteiger partial charge in [0.1, 0.15) is 0 Å². The lowest BCUT2D eigenvalue weighted by Gasteiger charge is -2.17. The highest BCUT2D eigenvalue weighted by Gasteiger charge is 2.14. The molecular weight excluding hydrogens is 341 g/mol. The number of benzene rings is 1. The van der Waals surface area contributed by atoms with Crippen LogP contribution in [0.5, 0.6) is 5.75 Å². The molecule has 0 aliphatic heterocycles. The summed E-state index contributed by atoms with van der Waals surface area (Å²) in [4.78, 5) is 1.25. The third-order valence-corrected chi connectivity index (χ3v) is 4.78. The third-order valence-electron chi connectivity index (χ3n) is 3.04. The van der Waals surface area contributed by atoms with Crippen LogP contribution in [0.3, 0.4) is 0 Å². The van der Waals surface area contributed by atoms with Gasteiger partial charge in [-0.3, -0.25) is 0 Å². The fourth-order valence-electron chi connectivity index (χ4n) is 2.11. The zero-order valence-electron chi connectivity index (χ0n) is 11.5. The van der Waals surface area contributed by atoms with Gasteiger partial charge in [0.05, 0.1) is 10.9 Å². The topological polar surface area (TPSA) is 21.3 Å². The molecule has 1 unspecified atom stereocenters. The average molecular weight is 358 g/mol. The minimum Gasteiger partial charge on any atom is -0.494 e. The largest absolute Gasteiger partial charge is 0.494 e. The molecule has 108 valence electrons. The molecule has 0 saturated heterocycles. The van der Waals surface area contributed by atoms with E-state index in [2.05, 4.69) is 34.2 Å². The van der Waals surface area contributed by atoms with Crippen LogP contribution in [-0.4, -0.2) is 13.7 Å². The van der Waals surface area contributed by atoms with Crippen LogP contribution in [0.1, 0.15) is 23.4 Å². The van der Waals surface area contributed by atoms with Gasteiger partial charge < -0.3 is 10.1 Å². The summed E-state index contributed by atoms with van der Waals surface area (Å²) in [7, 11) is 1.47. The highest BCUT2D eigenvalue weighted by Crippen LogP contribution is 2.30. The molecule has 1 N–H and O–H groups in total. The Hall–Kier alpha value is -0.910. The molecule has 0 aliphatic carbocycles. The summed E-state index contributed by atoms with van der Waals surface area (Å²) in [5.41, 5.74) is 0.957. The first kappa shape index (κ1) is 15.5. The Morgan fingerprint density at radius 2 is 2.15 bits per heavy atom. The standard InChI is InChI=1S/C15H17BrFNOS/c1-3-18-12(14-6-7-15(16)20-14)9-10-4-5-13(19-2)11(17)8-10/h4-8,12,18H,3,9H2,1-2H3. The fourth-order valence-corrected chi connectivity index (χ4v) is 3.61. The first-order chi connectivity index (χ1) is 9.63. The molecule has 2 aromatic rings. The molecule has 0 aliphatic rings. The van der Waals surface area contributed by atoms with Crippen molar-refractivity contribution in [3.8, 4) is 5.75 Å². The van der Waals surface area contributed by atoms with E-state index >= 15 is 0 Å². The first-order valence-corrected chi connectivity index (χ1v) is 8.06. The van der Waals surface area contributed by atoms with E-state index in [-0.39, 0.29) is 17.6 Å². The van der Waals surface area contributed by atoms with Crippen molar-refractivity contribution >= 4 is 27.3 Å². The second-order valence-electron chi connectivity index (χ2n) is 4.43. The van der Waals surface area contributed by atoms with Gasteiger partial charge in [0.25, 0.3) is 0 Å². The van der Waals surface area contributed by atoms with Crippen LogP contribution < -0.4 is 10.1 Å². The van der Waals surface area contributed by atoms with Crippen LogP contribution in [-0.2, 0) is 6.42 Å². The van der Waals surface area contributed by atoms with Crippen molar-refractivity contribution < 1.29 is 9.13 Å². The van der Waals surface area contributed by atoms with Gasteiger partial charge in [-0.15, -0.1) is 11.3 Å². The highest BCUT2D eigenvalue weighted by atomic mass is 79.9. The summed E-state index contributed by atoms with van der Waals surface area (Å²) in [6.45, 7) is 2.95. The molecule has 5 heteroatoms. The smallest absolute Gasteiger partial charge is 0.165 e.